The van der Waals surface area contributed by atoms with Gasteiger partial charge in [0.2, 0.25) is 0 Å². The molecule has 2 rings (SSSR count). The molecule has 0 aliphatic rings. The molecule has 2 aromatic rings. The second-order valence-electron chi connectivity index (χ2n) is 5.57. The molecule has 0 amide bonds. The van der Waals surface area contributed by atoms with Crippen molar-refractivity contribution in [2.24, 2.45) is 0 Å². The van der Waals surface area contributed by atoms with Crippen LogP contribution < -0.4 is 0 Å². The van der Waals surface area contributed by atoms with Crippen LogP contribution in [0.15, 0.2) is 35.1 Å². The summed E-state index contributed by atoms with van der Waals surface area (Å²) < 4.78 is 28.6. The van der Waals surface area contributed by atoms with E-state index < -0.39 is 10.0 Å². The maximum Gasteiger partial charge on any atom is 0.262 e. The van der Waals surface area contributed by atoms with Gasteiger partial charge in [-0.25, -0.2) is 13.4 Å². The number of rotatable bonds is 7. The third-order valence-corrected chi connectivity index (χ3v) is 6.77. The molecule has 0 spiro atoms. The quantitative estimate of drug-likeness (QED) is 0.777. The van der Waals surface area contributed by atoms with Crippen molar-refractivity contribution in [2.75, 3.05) is 7.05 Å². The molecule has 0 fully saturated rings. The molecule has 0 N–H and O–H groups in total. The molecule has 0 unspecified atom stereocenters. The van der Waals surface area contributed by atoms with Crippen LogP contribution in [-0.4, -0.2) is 35.4 Å². The molecule has 0 aliphatic carbocycles. The molecule has 0 saturated heterocycles. The van der Waals surface area contributed by atoms with Crippen LogP contribution >= 0.6 is 11.3 Å². The molecule has 0 aliphatic heterocycles. The molecule has 0 radical (unpaired) electrons. The second kappa shape index (κ2) is 6.93. The number of aromatic nitrogens is 2. The van der Waals surface area contributed by atoms with E-state index in [0.29, 0.717) is 6.42 Å². The van der Waals surface area contributed by atoms with Gasteiger partial charge in [0, 0.05) is 30.2 Å². The van der Waals surface area contributed by atoms with Crippen LogP contribution in [0, 0.1) is 0 Å². The molecule has 22 heavy (non-hydrogen) atoms. The highest BCUT2D eigenvalue weighted by molar-refractivity contribution is 7.89. The van der Waals surface area contributed by atoms with Crippen molar-refractivity contribution in [3.63, 3.8) is 0 Å². The minimum atomic E-state index is -3.56. The highest BCUT2D eigenvalue weighted by Crippen LogP contribution is 2.20. The number of nitrogens with zero attached hydrogens (tertiary/aromatic N) is 3. The van der Waals surface area contributed by atoms with E-state index >= 15 is 0 Å². The topological polar surface area (TPSA) is 55.2 Å². The number of hydrogen-bond acceptors (Lipinski definition) is 4. The minimum absolute atomic E-state index is 0.114. The first-order valence-electron chi connectivity index (χ1n) is 7.40. The first kappa shape index (κ1) is 17.2. The summed E-state index contributed by atoms with van der Waals surface area (Å²) >= 11 is 1.64. The Hall–Kier alpha value is -1.18. The van der Waals surface area contributed by atoms with E-state index in [2.05, 4.69) is 11.9 Å². The minimum Gasteiger partial charge on any atom is -0.333 e. The Balaban J connectivity index is 2.16. The number of likely N-dealkylation sites (N-methyl/N-ethyl adjacent to an activating group) is 1. The van der Waals surface area contributed by atoms with E-state index in [1.165, 1.54) is 9.18 Å². The summed E-state index contributed by atoms with van der Waals surface area (Å²) in [6.07, 6.45) is 4.86. The summed E-state index contributed by atoms with van der Waals surface area (Å²) in [4.78, 5) is 5.27. The average molecular weight is 342 g/mol. The fraction of sp³-hybridized carbons (Fsp3) is 0.533. The van der Waals surface area contributed by atoms with Crippen LogP contribution in [0.2, 0.25) is 0 Å². The Morgan fingerprint density at radius 2 is 2.14 bits per heavy atom. The molecule has 2 heterocycles. The monoisotopic (exact) mass is 341 g/mol. The van der Waals surface area contributed by atoms with Crippen LogP contribution in [0.3, 0.4) is 0 Å². The zero-order chi connectivity index (χ0) is 16.3. The fourth-order valence-electron chi connectivity index (χ4n) is 2.14. The number of hydrogen-bond donors (Lipinski definition) is 0. The van der Waals surface area contributed by atoms with Crippen molar-refractivity contribution in [2.45, 2.75) is 50.7 Å². The number of imidazole rings is 1. The van der Waals surface area contributed by atoms with Gasteiger partial charge in [0.1, 0.15) is 0 Å². The summed E-state index contributed by atoms with van der Waals surface area (Å²) in [5.74, 6) is 0. The van der Waals surface area contributed by atoms with E-state index in [0.717, 1.165) is 6.42 Å². The van der Waals surface area contributed by atoms with Crippen molar-refractivity contribution < 1.29 is 8.42 Å². The Morgan fingerprint density at radius 3 is 2.73 bits per heavy atom. The summed E-state index contributed by atoms with van der Waals surface area (Å²) in [5.41, 5.74) is 0. The van der Waals surface area contributed by atoms with Gasteiger partial charge in [-0.3, -0.25) is 0 Å². The molecule has 5 nitrogen and oxygen atoms in total. The molecule has 0 bridgehead atoms. The van der Waals surface area contributed by atoms with Crippen molar-refractivity contribution in [3.05, 3.63) is 34.9 Å². The molecule has 2 atom stereocenters. The van der Waals surface area contributed by atoms with Gasteiger partial charge in [0.15, 0.2) is 5.03 Å². The fourth-order valence-corrected chi connectivity index (χ4v) is 4.24. The molecule has 7 heteroatoms. The Morgan fingerprint density at radius 1 is 1.41 bits per heavy atom. The van der Waals surface area contributed by atoms with Gasteiger partial charge in [0.05, 0.1) is 6.33 Å². The average Bonchev–Trinajstić information content (AvgIpc) is 3.16. The number of thiophene rings is 1. The highest BCUT2D eigenvalue weighted by atomic mass is 32.2. The Kier molecular flexibility index (Phi) is 5.41. The Labute approximate surface area is 136 Å². The molecule has 0 saturated carbocycles. The number of sulfonamides is 1. The van der Waals surface area contributed by atoms with Gasteiger partial charge in [-0.05, 0) is 38.1 Å². The van der Waals surface area contributed by atoms with Crippen molar-refractivity contribution in [1.82, 2.24) is 13.9 Å². The maximum absolute atomic E-state index is 12.7. The standard InChI is InChI=1S/C15H23N3O2S2/c1-5-12(2)18-10-15(16-11-18)22(19,20)17(4)13(3)9-14-7-6-8-21-14/h6-8,10-13H,5,9H2,1-4H3/t12-,13-/m0/s1. The van der Waals surface area contributed by atoms with Gasteiger partial charge < -0.3 is 4.57 Å². The lowest BCUT2D eigenvalue weighted by Gasteiger charge is -2.22. The van der Waals surface area contributed by atoms with Crippen LogP contribution in [0.5, 0.6) is 0 Å². The lowest BCUT2D eigenvalue weighted by atomic mass is 10.2. The summed E-state index contributed by atoms with van der Waals surface area (Å²) in [7, 11) is -1.94. The molecular weight excluding hydrogens is 318 g/mol. The van der Waals surface area contributed by atoms with E-state index in [-0.39, 0.29) is 17.1 Å². The lowest BCUT2D eigenvalue weighted by Crippen LogP contribution is -2.36. The van der Waals surface area contributed by atoms with E-state index in [4.69, 9.17) is 0 Å². The van der Waals surface area contributed by atoms with E-state index in [9.17, 15) is 8.42 Å². The van der Waals surface area contributed by atoms with Crippen molar-refractivity contribution in [1.29, 1.82) is 0 Å². The second-order valence-corrected chi connectivity index (χ2v) is 8.55. The molecule has 122 valence electrons. The van der Waals surface area contributed by atoms with Gasteiger partial charge in [0.25, 0.3) is 10.0 Å². The zero-order valence-electron chi connectivity index (χ0n) is 13.4. The van der Waals surface area contributed by atoms with E-state index in [1.807, 2.05) is 35.9 Å². The predicted octanol–water partition coefficient (Wildman–Crippen LogP) is 3.17. The van der Waals surface area contributed by atoms with Gasteiger partial charge in [-0.2, -0.15) is 4.31 Å². The first-order valence-corrected chi connectivity index (χ1v) is 9.72. The van der Waals surface area contributed by atoms with Crippen LogP contribution in [0.1, 0.15) is 38.1 Å². The van der Waals surface area contributed by atoms with E-state index in [1.54, 1.807) is 30.9 Å². The third kappa shape index (κ3) is 3.59. The summed E-state index contributed by atoms with van der Waals surface area (Å²) in [6, 6.07) is 4.14. The van der Waals surface area contributed by atoms with Crippen LogP contribution in [0.4, 0.5) is 0 Å². The van der Waals surface area contributed by atoms with Crippen molar-refractivity contribution in [3.8, 4) is 0 Å². The van der Waals surface area contributed by atoms with Crippen LogP contribution in [-0.2, 0) is 16.4 Å². The largest absolute Gasteiger partial charge is 0.333 e. The summed E-state index contributed by atoms with van der Waals surface area (Å²) in [6.45, 7) is 6.03. The highest BCUT2D eigenvalue weighted by Gasteiger charge is 2.28. The molecule has 2 aromatic heterocycles. The SMILES string of the molecule is CC[C@H](C)n1cnc(S(=O)(=O)N(C)[C@@H](C)Cc2cccs2)c1. The normalized spacial score (nSPS) is 15.1. The maximum atomic E-state index is 12.7. The zero-order valence-corrected chi connectivity index (χ0v) is 15.1. The smallest absolute Gasteiger partial charge is 0.262 e. The van der Waals surface area contributed by atoms with Gasteiger partial charge in [-0.15, -0.1) is 11.3 Å². The van der Waals surface area contributed by atoms with Gasteiger partial charge >= 0.3 is 0 Å². The summed E-state index contributed by atoms with van der Waals surface area (Å²) in [5, 5.41) is 2.12. The molecule has 0 aromatic carbocycles. The predicted molar refractivity (Wildman–Crippen MR) is 89.7 cm³/mol. The van der Waals surface area contributed by atoms with Crippen LogP contribution in [0.25, 0.3) is 0 Å². The molecular formula is C15H23N3O2S2. The van der Waals surface area contributed by atoms with Crippen molar-refractivity contribution >= 4 is 21.4 Å². The van der Waals surface area contributed by atoms with Gasteiger partial charge in [-0.1, -0.05) is 13.0 Å². The third-order valence-electron chi connectivity index (χ3n) is 4.02. The lowest BCUT2D eigenvalue weighted by molar-refractivity contribution is 0.387. The Bertz CT molecular complexity index is 692. The first-order chi connectivity index (χ1) is 10.4.